The predicted octanol–water partition coefficient (Wildman–Crippen LogP) is 4.21. The number of amides is 1. The fraction of sp³-hybridized carbons (Fsp3) is 0.0909. The molecule has 158 valence electrons. The van der Waals surface area contributed by atoms with Crippen LogP contribution in [0, 0.1) is 5.82 Å². The summed E-state index contributed by atoms with van der Waals surface area (Å²) < 4.78 is 45.7. The van der Waals surface area contributed by atoms with Crippen LogP contribution in [0.1, 0.15) is 15.2 Å². The maximum atomic E-state index is 14.1. The van der Waals surface area contributed by atoms with E-state index < -0.39 is 20.5 Å². The van der Waals surface area contributed by atoms with Crippen LogP contribution in [0.4, 0.5) is 4.39 Å². The Hall–Kier alpha value is -3.30. The highest BCUT2D eigenvalue weighted by Crippen LogP contribution is 2.27. The van der Waals surface area contributed by atoms with Crippen LogP contribution in [0.3, 0.4) is 0 Å². The minimum absolute atomic E-state index is 0.0493. The van der Waals surface area contributed by atoms with Crippen LogP contribution in [0.5, 0.6) is 5.75 Å². The molecular weight excluding hydrogens is 439 g/mol. The van der Waals surface area contributed by atoms with Crippen molar-refractivity contribution in [3.8, 4) is 5.75 Å². The molecule has 0 saturated heterocycles. The number of nitrogens with zero attached hydrogens (tertiary/aromatic N) is 1. The Morgan fingerprint density at radius 3 is 2.61 bits per heavy atom. The van der Waals surface area contributed by atoms with Crippen molar-refractivity contribution >= 4 is 37.2 Å². The van der Waals surface area contributed by atoms with Crippen molar-refractivity contribution < 1.29 is 22.3 Å². The molecule has 0 atom stereocenters. The number of aromatic nitrogens is 1. The molecule has 0 radical (unpaired) electrons. The lowest BCUT2D eigenvalue weighted by atomic mass is 10.2. The van der Waals surface area contributed by atoms with Gasteiger partial charge in [-0.2, -0.15) is 0 Å². The molecule has 0 spiro atoms. The Balaban J connectivity index is 1.48. The summed E-state index contributed by atoms with van der Waals surface area (Å²) >= 11 is 1.35. The molecule has 2 heterocycles. The van der Waals surface area contributed by atoms with E-state index in [1.165, 1.54) is 36.6 Å². The number of carbonyl (C=O) groups excluding carboxylic acids is 1. The van der Waals surface area contributed by atoms with Gasteiger partial charge in [-0.25, -0.2) is 12.8 Å². The van der Waals surface area contributed by atoms with Crippen LogP contribution in [0.15, 0.2) is 76.8 Å². The number of hydrogen-bond donors (Lipinski definition) is 1. The highest BCUT2D eigenvalue weighted by atomic mass is 32.2. The van der Waals surface area contributed by atoms with E-state index in [-0.39, 0.29) is 23.1 Å². The third-order valence-electron chi connectivity index (χ3n) is 4.66. The molecule has 6 nitrogen and oxygen atoms in total. The molecule has 0 aliphatic carbocycles. The van der Waals surface area contributed by atoms with Crippen LogP contribution in [0.2, 0.25) is 0 Å². The number of rotatable bonds is 6. The Labute approximate surface area is 182 Å². The van der Waals surface area contributed by atoms with Crippen molar-refractivity contribution in [1.82, 2.24) is 10.3 Å². The number of benzene rings is 2. The Morgan fingerprint density at radius 2 is 1.90 bits per heavy atom. The lowest BCUT2D eigenvalue weighted by molar-refractivity contribution is 0.0955. The summed E-state index contributed by atoms with van der Waals surface area (Å²) in [6.45, 7) is 0.221. The minimum Gasteiger partial charge on any atom is -0.497 e. The number of ether oxygens (including phenoxy) is 1. The zero-order valence-corrected chi connectivity index (χ0v) is 18.0. The number of methoxy groups -OCH3 is 1. The number of pyridine rings is 1. The molecule has 0 aliphatic heterocycles. The molecule has 0 unspecified atom stereocenters. The molecule has 0 bridgehead atoms. The van der Waals surface area contributed by atoms with Crippen LogP contribution in [0.25, 0.3) is 10.1 Å². The van der Waals surface area contributed by atoms with Crippen LogP contribution >= 0.6 is 11.3 Å². The SMILES string of the molecule is COc1ccc(F)c(S(=O)(=O)c2ccc(CNC(=O)c3cc4ccncc4s3)cc2)c1. The number of thiophene rings is 1. The van der Waals surface area contributed by atoms with E-state index >= 15 is 0 Å². The van der Waals surface area contributed by atoms with Gasteiger partial charge in [0.15, 0.2) is 0 Å². The van der Waals surface area contributed by atoms with E-state index in [2.05, 4.69) is 10.3 Å². The lowest BCUT2D eigenvalue weighted by Gasteiger charge is -2.09. The smallest absolute Gasteiger partial charge is 0.261 e. The largest absolute Gasteiger partial charge is 0.497 e. The molecule has 0 saturated carbocycles. The van der Waals surface area contributed by atoms with Crippen molar-refractivity contribution in [1.29, 1.82) is 0 Å². The molecule has 4 rings (SSSR count). The standard InChI is InChI=1S/C22H17FN2O4S2/c1-29-16-4-7-18(23)21(11-16)31(27,28)17-5-2-14(3-6-17)12-25-22(26)19-10-15-8-9-24-13-20(15)30-19/h2-11,13H,12H2,1H3,(H,25,26). The van der Waals surface area contributed by atoms with Crippen molar-refractivity contribution in [2.45, 2.75) is 16.3 Å². The first kappa shape index (κ1) is 21.0. The second-order valence-corrected chi connectivity index (χ2v) is 9.65. The van der Waals surface area contributed by atoms with Crippen molar-refractivity contribution in [2.24, 2.45) is 0 Å². The van der Waals surface area contributed by atoms with E-state index in [4.69, 9.17) is 4.74 Å². The summed E-state index contributed by atoms with van der Waals surface area (Å²) in [7, 11) is -2.68. The molecule has 2 aromatic heterocycles. The first-order valence-corrected chi connectivity index (χ1v) is 11.5. The molecule has 31 heavy (non-hydrogen) atoms. The fourth-order valence-electron chi connectivity index (χ4n) is 3.00. The van der Waals surface area contributed by atoms with Gasteiger partial charge in [0, 0.05) is 25.0 Å². The van der Waals surface area contributed by atoms with Crippen molar-refractivity contribution in [3.63, 3.8) is 0 Å². The number of nitrogens with one attached hydrogen (secondary N) is 1. The maximum absolute atomic E-state index is 14.1. The van der Waals surface area contributed by atoms with Gasteiger partial charge in [-0.1, -0.05) is 12.1 Å². The van der Waals surface area contributed by atoms with E-state index in [0.717, 1.165) is 22.2 Å². The van der Waals surface area contributed by atoms with Crippen LogP contribution in [-0.2, 0) is 16.4 Å². The normalized spacial score (nSPS) is 11.4. The molecular formula is C22H17FN2O4S2. The van der Waals surface area contributed by atoms with Gasteiger partial charge in [-0.15, -0.1) is 11.3 Å². The zero-order valence-electron chi connectivity index (χ0n) is 16.3. The van der Waals surface area contributed by atoms with Gasteiger partial charge in [-0.3, -0.25) is 9.78 Å². The highest BCUT2D eigenvalue weighted by molar-refractivity contribution is 7.91. The molecule has 0 aliphatic rings. The number of fused-ring (bicyclic) bond motifs is 1. The van der Waals surface area contributed by atoms with E-state index in [9.17, 15) is 17.6 Å². The minimum atomic E-state index is -4.05. The van der Waals surface area contributed by atoms with Gasteiger partial charge in [-0.05, 0) is 47.3 Å². The topological polar surface area (TPSA) is 85.4 Å². The van der Waals surface area contributed by atoms with Gasteiger partial charge in [0.25, 0.3) is 5.91 Å². The van der Waals surface area contributed by atoms with E-state index in [1.54, 1.807) is 30.6 Å². The monoisotopic (exact) mass is 456 g/mol. The summed E-state index contributed by atoms with van der Waals surface area (Å²) in [6, 6.07) is 13.1. The lowest BCUT2D eigenvalue weighted by Crippen LogP contribution is -2.21. The molecule has 0 fully saturated rings. The summed E-state index contributed by atoms with van der Waals surface area (Å²) in [5, 5.41) is 3.76. The fourth-order valence-corrected chi connectivity index (χ4v) is 5.29. The van der Waals surface area contributed by atoms with Crippen molar-refractivity contribution in [2.75, 3.05) is 7.11 Å². The maximum Gasteiger partial charge on any atom is 0.261 e. The molecule has 2 aromatic carbocycles. The number of sulfone groups is 1. The summed E-state index contributed by atoms with van der Waals surface area (Å²) in [6.07, 6.45) is 3.38. The van der Waals surface area contributed by atoms with Crippen molar-refractivity contribution in [3.05, 3.63) is 83.2 Å². The second-order valence-electron chi connectivity index (χ2n) is 6.65. The van der Waals surface area contributed by atoms with E-state index in [0.29, 0.717) is 10.4 Å². The van der Waals surface area contributed by atoms with Gasteiger partial charge >= 0.3 is 0 Å². The van der Waals surface area contributed by atoms with E-state index in [1.807, 2.05) is 6.07 Å². The summed E-state index contributed by atoms with van der Waals surface area (Å²) in [5.74, 6) is -0.830. The Morgan fingerprint density at radius 1 is 1.13 bits per heavy atom. The van der Waals surface area contributed by atoms with Gasteiger partial charge < -0.3 is 10.1 Å². The second kappa shape index (κ2) is 8.44. The average Bonchev–Trinajstić information content (AvgIpc) is 3.22. The first-order valence-electron chi connectivity index (χ1n) is 9.18. The van der Waals surface area contributed by atoms with Gasteiger partial charge in [0.1, 0.15) is 16.5 Å². The quantitative estimate of drug-likeness (QED) is 0.470. The number of halogens is 1. The third kappa shape index (κ3) is 4.28. The molecule has 4 aromatic rings. The molecule has 1 amide bonds. The third-order valence-corrected chi connectivity index (χ3v) is 7.53. The molecule has 1 N–H and O–H groups in total. The molecule has 9 heteroatoms. The summed E-state index contributed by atoms with van der Waals surface area (Å²) in [4.78, 5) is 16.5. The van der Waals surface area contributed by atoms with Crippen LogP contribution < -0.4 is 10.1 Å². The van der Waals surface area contributed by atoms with Gasteiger partial charge in [0.2, 0.25) is 9.84 Å². The Kier molecular flexibility index (Phi) is 5.71. The first-order chi connectivity index (χ1) is 14.9. The number of hydrogen-bond acceptors (Lipinski definition) is 6. The number of carbonyl (C=O) groups is 1. The predicted molar refractivity (Wildman–Crippen MR) is 116 cm³/mol. The summed E-state index contributed by atoms with van der Waals surface area (Å²) in [5.41, 5.74) is 0.709. The zero-order chi connectivity index (χ0) is 22.0. The van der Waals surface area contributed by atoms with Crippen LogP contribution in [-0.4, -0.2) is 26.4 Å². The Bertz CT molecular complexity index is 1330. The average molecular weight is 457 g/mol. The van der Waals surface area contributed by atoms with Gasteiger partial charge in [0.05, 0.1) is 21.6 Å². The highest BCUT2D eigenvalue weighted by Gasteiger charge is 2.22.